The summed E-state index contributed by atoms with van der Waals surface area (Å²) in [5, 5.41) is 15.0. The molecule has 1 aliphatic rings. The van der Waals surface area contributed by atoms with E-state index in [4.69, 9.17) is 0 Å². The first-order valence-corrected chi connectivity index (χ1v) is 6.86. The minimum atomic E-state index is -0.703. The molecule has 0 aliphatic carbocycles. The Hall–Kier alpha value is -1.88. The van der Waals surface area contributed by atoms with E-state index in [2.05, 4.69) is 22.1 Å². The third kappa shape index (κ3) is 2.08. The number of fused-ring (bicyclic) bond motifs is 1. The first kappa shape index (κ1) is 13.1. The number of rotatable bonds is 3. The molecular formula is C15H19N3O2. The van der Waals surface area contributed by atoms with Crippen molar-refractivity contribution in [3.8, 4) is 0 Å². The van der Waals surface area contributed by atoms with Crippen LogP contribution in [0.1, 0.15) is 19.0 Å². The van der Waals surface area contributed by atoms with Gasteiger partial charge in [0, 0.05) is 25.5 Å². The smallest absolute Gasteiger partial charge is 0.310 e. The first-order valence-electron chi connectivity index (χ1n) is 6.86. The molecule has 1 saturated heterocycles. The van der Waals surface area contributed by atoms with E-state index in [1.54, 1.807) is 0 Å². The molecular weight excluding hydrogens is 254 g/mol. The van der Waals surface area contributed by atoms with Crippen LogP contribution in [-0.4, -0.2) is 38.8 Å². The Morgan fingerprint density at radius 1 is 1.45 bits per heavy atom. The second-order valence-corrected chi connectivity index (χ2v) is 5.91. The topological polar surface area (TPSA) is 58.4 Å². The average Bonchev–Trinajstić information content (AvgIpc) is 2.94. The number of aromatic nitrogens is 2. The number of carboxylic acid groups (broad SMARTS) is 1. The van der Waals surface area contributed by atoms with Gasteiger partial charge in [-0.05, 0) is 26.0 Å². The molecule has 0 radical (unpaired) electrons. The lowest BCUT2D eigenvalue weighted by molar-refractivity contribution is -0.147. The van der Waals surface area contributed by atoms with Gasteiger partial charge < -0.3 is 5.11 Å². The van der Waals surface area contributed by atoms with Crippen LogP contribution < -0.4 is 0 Å². The number of hydrogen-bond donors (Lipinski definition) is 1. The van der Waals surface area contributed by atoms with Gasteiger partial charge in [0.25, 0.3) is 0 Å². The zero-order valence-electron chi connectivity index (χ0n) is 11.8. The molecule has 1 N–H and O–H groups in total. The number of hydrogen-bond acceptors (Lipinski definition) is 3. The fourth-order valence-electron chi connectivity index (χ4n) is 2.98. The summed E-state index contributed by atoms with van der Waals surface area (Å²) in [6.07, 6.45) is 0.701. The monoisotopic (exact) mass is 273 g/mol. The van der Waals surface area contributed by atoms with E-state index in [-0.39, 0.29) is 0 Å². The van der Waals surface area contributed by atoms with Crippen LogP contribution in [0, 0.1) is 5.41 Å². The molecule has 1 aliphatic heterocycles. The molecule has 2 heterocycles. The highest BCUT2D eigenvalue weighted by molar-refractivity contribution is 5.81. The Balaban J connectivity index is 1.83. The third-order valence-electron chi connectivity index (χ3n) is 4.28. The van der Waals surface area contributed by atoms with Gasteiger partial charge in [-0.1, -0.05) is 18.2 Å². The maximum atomic E-state index is 11.3. The second-order valence-electron chi connectivity index (χ2n) is 5.91. The van der Waals surface area contributed by atoms with E-state index in [0.29, 0.717) is 19.5 Å². The largest absolute Gasteiger partial charge is 0.481 e. The molecule has 0 amide bonds. The molecule has 0 spiro atoms. The number of carbonyl (C=O) groups is 1. The predicted molar refractivity (Wildman–Crippen MR) is 76.4 cm³/mol. The van der Waals surface area contributed by atoms with E-state index in [1.807, 2.05) is 30.8 Å². The van der Waals surface area contributed by atoms with Crippen LogP contribution in [-0.2, 0) is 18.4 Å². The second kappa shape index (κ2) is 4.59. The van der Waals surface area contributed by atoms with E-state index < -0.39 is 11.4 Å². The Bertz CT molecular complexity index is 664. The molecule has 0 bridgehead atoms. The lowest BCUT2D eigenvalue weighted by Crippen LogP contribution is -2.31. The predicted octanol–water partition coefficient (Wildman–Crippen LogP) is 1.87. The van der Waals surface area contributed by atoms with Crippen LogP contribution >= 0.6 is 0 Å². The molecule has 106 valence electrons. The minimum absolute atomic E-state index is 0.591. The molecule has 0 saturated carbocycles. The van der Waals surface area contributed by atoms with Crippen molar-refractivity contribution in [2.75, 3.05) is 13.1 Å². The van der Waals surface area contributed by atoms with Crippen molar-refractivity contribution in [3.63, 3.8) is 0 Å². The van der Waals surface area contributed by atoms with Crippen LogP contribution in [0.15, 0.2) is 24.3 Å². The summed E-state index contributed by atoms with van der Waals surface area (Å²) in [6, 6.07) is 8.14. The molecule has 1 atom stereocenters. The van der Waals surface area contributed by atoms with Crippen LogP contribution in [0.25, 0.3) is 10.9 Å². The Morgan fingerprint density at radius 2 is 2.20 bits per heavy atom. The number of likely N-dealkylation sites (tertiary alicyclic amines) is 1. The van der Waals surface area contributed by atoms with Gasteiger partial charge in [0.2, 0.25) is 0 Å². The lowest BCUT2D eigenvalue weighted by Gasteiger charge is -2.19. The van der Waals surface area contributed by atoms with Gasteiger partial charge in [-0.2, -0.15) is 5.10 Å². The van der Waals surface area contributed by atoms with Crippen molar-refractivity contribution >= 4 is 16.9 Å². The summed E-state index contributed by atoms with van der Waals surface area (Å²) in [5.74, 6) is -0.703. The van der Waals surface area contributed by atoms with Crippen LogP contribution in [0.2, 0.25) is 0 Å². The number of carboxylic acids is 1. The zero-order chi connectivity index (χ0) is 14.3. The SMILES string of the molecule is Cn1nc(CN2CCC(C)(C(=O)O)C2)c2ccccc21. The molecule has 1 fully saturated rings. The summed E-state index contributed by atoms with van der Waals surface area (Å²) in [6.45, 7) is 3.94. The molecule has 3 rings (SSSR count). The van der Waals surface area contributed by atoms with E-state index in [1.165, 1.54) is 0 Å². The normalized spacial score (nSPS) is 23.5. The Kier molecular flexibility index (Phi) is 3.01. The highest BCUT2D eigenvalue weighted by Gasteiger charge is 2.40. The van der Waals surface area contributed by atoms with Gasteiger partial charge in [-0.3, -0.25) is 14.4 Å². The molecule has 5 heteroatoms. The fourth-order valence-corrected chi connectivity index (χ4v) is 2.98. The third-order valence-corrected chi connectivity index (χ3v) is 4.28. The first-order chi connectivity index (χ1) is 9.49. The molecule has 1 aromatic heterocycles. The number of aliphatic carboxylic acids is 1. The quantitative estimate of drug-likeness (QED) is 0.927. The average molecular weight is 273 g/mol. The van der Waals surface area contributed by atoms with Gasteiger partial charge in [0.1, 0.15) is 0 Å². The molecule has 1 aromatic carbocycles. The van der Waals surface area contributed by atoms with Crippen LogP contribution in [0.5, 0.6) is 0 Å². The summed E-state index contributed by atoms with van der Waals surface area (Å²) in [5.41, 5.74) is 1.52. The van der Waals surface area contributed by atoms with Crippen molar-refractivity contribution < 1.29 is 9.90 Å². The van der Waals surface area contributed by atoms with Crippen molar-refractivity contribution in [1.82, 2.24) is 14.7 Å². The maximum Gasteiger partial charge on any atom is 0.310 e. The molecule has 1 unspecified atom stereocenters. The molecule has 5 nitrogen and oxygen atoms in total. The highest BCUT2D eigenvalue weighted by atomic mass is 16.4. The van der Waals surface area contributed by atoms with Crippen molar-refractivity contribution in [2.45, 2.75) is 19.9 Å². The number of aryl methyl sites for hydroxylation is 1. The van der Waals surface area contributed by atoms with E-state index >= 15 is 0 Å². The maximum absolute atomic E-state index is 11.3. The molecule has 2 aromatic rings. The van der Waals surface area contributed by atoms with Gasteiger partial charge in [-0.15, -0.1) is 0 Å². The van der Waals surface area contributed by atoms with Gasteiger partial charge in [0.05, 0.1) is 16.6 Å². The Labute approximate surface area is 117 Å². The van der Waals surface area contributed by atoms with E-state index in [9.17, 15) is 9.90 Å². The van der Waals surface area contributed by atoms with Gasteiger partial charge in [0.15, 0.2) is 0 Å². The minimum Gasteiger partial charge on any atom is -0.481 e. The number of nitrogens with zero attached hydrogens (tertiary/aromatic N) is 3. The summed E-state index contributed by atoms with van der Waals surface area (Å²) in [4.78, 5) is 13.5. The fraction of sp³-hybridized carbons (Fsp3) is 0.467. The van der Waals surface area contributed by atoms with Crippen molar-refractivity contribution in [2.24, 2.45) is 12.5 Å². The van der Waals surface area contributed by atoms with Crippen LogP contribution in [0.4, 0.5) is 0 Å². The van der Waals surface area contributed by atoms with Crippen LogP contribution in [0.3, 0.4) is 0 Å². The van der Waals surface area contributed by atoms with Crippen molar-refractivity contribution in [1.29, 1.82) is 0 Å². The summed E-state index contributed by atoms with van der Waals surface area (Å²) >= 11 is 0. The standard InChI is InChI=1S/C15H19N3O2/c1-15(14(19)20)7-8-18(10-15)9-12-11-5-3-4-6-13(11)17(2)16-12/h3-6H,7-10H2,1-2H3,(H,19,20). The summed E-state index contributed by atoms with van der Waals surface area (Å²) < 4.78 is 1.89. The Morgan fingerprint density at radius 3 is 2.90 bits per heavy atom. The molecule has 20 heavy (non-hydrogen) atoms. The number of benzene rings is 1. The van der Waals surface area contributed by atoms with Crippen molar-refractivity contribution in [3.05, 3.63) is 30.0 Å². The van der Waals surface area contributed by atoms with Gasteiger partial charge >= 0.3 is 5.97 Å². The zero-order valence-corrected chi connectivity index (χ0v) is 11.8. The summed E-state index contributed by atoms with van der Waals surface area (Å²) in [7, 11) is 1.94. The highest BCUT2D eigenvalue weighted by Crippen LogP contribution is 2.31. The van der Waals surface area contributed by atoms with E-state index in [0.717, 1.165) is 23.1 Å². The number of para-hydroxylation sites is 1. The lowest BCUT2D eigenvalue weighted by atomic mass is 9.90. The van der Waals surface area contributed by atoms with Gasteiger partial charge in [-0.25, -0.2) is 0 Å².